The van der Waals surface area contributed by atoms with E-state index in [1.54, 1.807) is 49.4 Å². The van der Waals surface area contributed by atoms with Crippen LogP contribution in [0.3, 0.4) is 0 Å². The topological polar surface area (TPSA) is 173 Å². The number of halogens is 1. The Morgan fingerprint density at radius 2 is 1.76 bits per heavy atom. The van der Waals surface area contributed by atoms with Crippen LogP contribution in [0.25, 0.3) is 11.1 Å². The molecule has 14 nitrogen and oxygen atoms in total. The third-order valence-electron chi connectivity index (χ3n) is 13.6. The third-order valence-corrected chi connectivity index (χ3v) is 14.3. The van der Waals surface area contributed by atoms with Crippen molar-refractivity contribution in [3.63, 3.8) is 0 Å². The summed E-state index contributed by atoms with van der Waals surface area (Å²) in [4.78, 5) is 38.6. The number of benzene rings is 3. The van der Waals surface area contributed by atoms with Crippen molar-refractivity contribution >= 4 is 27.5 Å². The Labute approximate surface area is 366 Å². The number of anilines is 1. The van der Waals surface area contributed by atoms with E-state index in [1.807, 2.05) is 50.1 Å². The van der Waals surface area contributed by atoms with Gasteiger partial charge >= 0.3 is 0 Å². The van der Waals surface area contributed by atoms with E-state index < -0.39 is 64.6 Å². The van der Waals surface area contributed by atoms with Crippen molar-refractivity contribution < 1.29 is 42.2 Å². The van der Waals surface area contributed by atoms with Gasteiger partial charge in [-0.2, -0.15) is 5.06 Å². The molecule has 3 saturated carbocycles. The van der Waals surface area contributed by atoms with Gasteiger partial charge in [-0.3, -0.25) is 14.4 Å². The highest BCUT2D eigenvalue weighted by molar-refractivity contribution is 7.88. The molecule has 4 fully saturated rings. The Morgan fingerprint density at radius 3 is 2.32 bits per heavy atom. The lowest BCUT2D eigenvalue weighted by molar-refractivity contribution is -0.183. The fourth-order valence-electron chi connectivity index (χ4n) is 10.2. The first-order chi connectivity index (χ1) is 29.1. The number of fused-ring (bicyclic) bond motifs is 2. The van der Waals surface area contributed by atoms with Gasteiger partial charge in [0.1, 0.15) is 23.7 Å². The summed E-state index contributed by atoms with van der Waals surface area (Å²) in [5.74, 6) is -0.924. The van der Waals surface area contributed by atoms with E-state index in [0.717, 1.165) is 19.1 Å². The second-order valence-corrected chi connectivity index (χ2v) is 20.4. The molecule has 62 heavy (non-hydrogen) atoms. The molecular formula is C46H65FN6O8S. The first-order valence-electron chi connectivity index (χ1n) is 21.3. The second kappa shape index (κ2) is 18.9. The van der Waals surface area contributed by atoms with Crippen LogP contribution in [0.15, 0.2) is 60.7 Å². The summed E-state index contributed by atoms with van der Waals surface area (Å²) in [5.41, 5.74) is 2.85. The molecule has 10 atom stereocenters. The Bertz CT molecular complexity index is 2190. The lowest BCUT2D eigenvalue weighted by Gasteiger charge is -2.62. The molecule has 2 bridgehead atoms. The summed E-state index contributed by atoms with van der Waals surface area (Å²) in [6.07, 6.45) is 1.08. The third kappa shape index (κ3) is 9.96. The van der Waals surface area contributed by atoms with Gasteiger partial charge in [0.05, 0.1) is 44.7 Å². The van der Waals surface area contributed by atoms with Gasteiger partial charge in [0.2, 0.25) is 15.9 Å². The maximum absolute atomic E-state index is 16.2. The number of amides is 2. The van der Waals surface area contributed by atoms with E-state index >= 15 is 4.39 Å². The fourth-order valence-corrected chi connectivity index (χ4v) is 10.9. The van der Waals surface area contributed by atoms with Crippen LogP contribution in [-0.2, 0) is 26.2 Å². The molecule has 1 aliphatic heterocycles. The second-order valence-electron chi connectivity index (χ2n) is 18.6. The lowest BCUT2D eigenvalue weighted by atomic mass is 9.45. The number of carbonyl (C=O) groups is 2. The molecule has 5 N–H and O–H groups in total. The molecule has 16 heteroatoms. The molecular weight excluding hydrogens is 816 g/mol. The van der Waals surface area contributed by atoms with Gasteiger partial charge < -0.3 is 35.4 Å². The van der Waals surface area contributed by atoms with Crippen LogP contribution < -0.4 is 25.0 Å². The van der Waals surface area contributed by atoms with Gasteiger partial charge in [-0.15, -0.1) is 0 Å². The molecule has 1 heterocycles. The Hall–Kier alpha value is -4.16. The molecule has 0 aromatic heterocycles. The molecule has 0 radical (unpaired) electrons. The number of sulfonamides is 1. The summed E-state index contributed by atoms with van der Waals surface area (Å²) in [5, 5.41) is 29.1. The first-order valence-corrected chi connectivity index (χ1v) is 23.2. The maximum Gasteiger partial charge on any atom is 0.251 e. The highest BCUT2D eigenvalue weighted by atomic mass is 32.2. The minimum atomic E-state index is -3.70. The molecule has 0 unspecified atom stereocenters. The molecule has 3 aromatic rings. The number of hydrogen-bond donors (Lipinski definition) is 5. The predicted molar refractivity (Wildman–Crippen MR) is 237 cm³/mol. The van der Waals surface area contributed by atoms with Crippen LogP contribution in [0.1, 0.15) is 68.1 Å². The van der Waals surface area contributed by atoms with Gasteiger partial charge in [0.15, 0.2) is 0 Å². The average Bonchev–Trinajstić information content (AvgIpc) is 3.59. The Kier molecular flexibility index (Phi) is 14.4. The van der Waals surface area contributed by atoms with Crippen molar-refractivity contribution in [2.45, 2.75) is 83.5 Å². The maximum atomic E-state index is 16.2. The van der Waals surface area contributed by atoms with Crippen molar-refractivity contribution in [1.29, 1.82) is 0 Å². The van der Waals surface area contributed by atoms with E-state index in [0.29, 0.717) is 40.8 Å². The molecule has 3 aliphatic carbocycles. The van der Waals surface area contributed by atoms with Crippen molar-refractivity contribution in [3.8, 4) is 16.9 Å². The average molecular weight is 881 g/mol. The molecule has 4 aliphatic rings. The number of nitrogens with zero attached hydrogens (tertiary/aromatic N) is 3. The largest absolute Gasteiger partial charge is 0.496 e. The number of ether oxygens (including phenoxy) is 1. The normalized spacial score (nSPS) is 26.0. The number of methoxy groups -OCH3 is 1. The summed E-state index contributed by atoms with van der Waals surface area (Å²) >= 11 is 0. The van der Waals surface area contributed by atoms with E-state index in [-0.39, 0.29) is 46.7 Å². The predicted octanol–water partition coefficient (Wildman–Crippen LogP) is 4.18. The van der Waals surface area contributed by atoms with E-state index in [4.69, 9.17) is 9.57 Å². The van der Waals surface area contributed by atoms with E-state index in [2.05, 4.69) is 36.1 Å². The van der Waals surface area contributed by atoms with Crippen molar-refractivity contribution in [2.75, 3.05) is 59.6 Å². The monoisotopic (exact) mass is 880 g/mol. The summed E-state index contributed by atoms with van der Waals surface area (Å²) in [7, 11) is 5.04. The molecule has 3 aromatic carbocycles. The molecule has 0 spiro atoms. The number of rotatable bonds is 17. The number of carbonyl (C=O) groups excluding carboxylic acids is 2. The first kappa shape index (κ1) is 47.3. The minimum absolute atomic E-state index is 0.0737. The number of aliphatic hydroxyl groups is 2. The van der Waals surface area contributed by atoms with Gasteiger partial charge in [-0.05, 0) is 98.5 Å². The van der Waals surface area contributed by atoms with Crippen LogP contribution in [0.2, 0.25) is 0 Å². The van der Waals surface area contributed by atoms with Gasteiger partial charge in [-0.25, -0.2) is 17.5 Å². The van der Waals surface area contributed by atoms with Gasteiger partial charge in [0.25, 0.3) is 5.91 Å². The zero-order valence-electron chi connectivity index (χ0n) is 37.6. The van der Waals surface area contributed by atoms with Crippen molar-refractivity contribution in [2.24, 2.45) is 29.1 Å². The Morgan fingerprint density at radius 1 is 1.06 bits per heavy atom. The lowest BCUT2D eigenvalue weighted by Crippen LogP contribution is -2.62. The standard InChI is InChI=1S/C46H65FN6O8S/c1-26-35-21-31(46(35,3)4)22-37(26)48-45(57)42-40(27(2)55)39(25-54)61-53(42)23-34-36(47)17-16-33(43(34)60-9)29-18-30(20-32(19-29)52(7)8)44(56)49-38(24-51(5)6)41(50-62(10,58)59)28-14-12-11-13-15-28/h11-20,26-27,31,35,37-42,50,54-55H,21-25H2,1-10H3,(H,48,57)(H,49,56)/t26-,27-,31-,35-,37-,38+,39-,40+,41-,42-/m0/s1. The highest BCUT2D eigenvalue weighted by Crippen LogP contribution is 2.61. The van der Waals surface area contributed by atoms with Gasteiger partial charge in [0, 0.05) is 55.0 Å². The van der Waals surface area contributed by atoms with E-state index in [1.165, 1.54) is 18.2 Å². The molecule has 340 valence electrons. The van der Waals surface area contributed by atoms with Crippen molar-refractivity contribution in [1.82, 2.24) is 25.3 Å². The van der Waals surface area contributed by atoms with Crippen LogP contribution >= 0.6 is 0 Å². The summed E-state index contributed by atoms with van der Waals surface area (Å²) < 4.78 is 50.1. The molecule has 7 rings (SSSR count). The number of hydrogen-bond acceptors (Lipinski definition) is 11. The van der Waals surface area contributed by atoms with Crippen LogP contribution in [-0.4, -0.2) is 125 Å². The Balaban J connectivity index is 1.34. The fraction of sp³-hybridized carbons (Fsp3) is 0.565. The number of likely N-dealkylation sites (N-methyl/N-ethyl adjacent to an activating group) is 1. The number of aliphatic hydroxyl groups excluding tert-OH is 2. The van der Waals surface area contributed by atoms with Crippen LogP contribution in [0.4, 0.5) is 10.1 Å². The zero-order valence-corrected chi connectivity index (χ0v) is 38.4. The SMILES string of the molecule is COc1c(-c2cc(C(=O)N[C@H](CN(C)C)[C@@H](NS(C)(=O)=O)c3ccccc3)cc(N(C)C)c2)ccc(F)c1CN1O[C@@H](CO)[C@@H]([C@H](C)O)[C@H]1C(=O)N[C@H]1C[C@@H]2C[C@@H]([C@@H]1C)C2(C)C. The summed E-state index contributed by atoms with van der Waals surface area (Å²) in [6.45, 7) is 7.87. The van der Waals surface area contributed by atoms with Crippen molar-refractivity contribution in [3.05, 3.63) is 83.2 Å². The summed E-state index contributed by atoms with van der Waals surface area (Å²) in [6, 6.07) is 14.5. The number of hydroxylamine groups is 2. The number of nitrogens with one attached hydrogen (secondary N) is 3. The quantitative estimate of drug-likeness (QED) is 0.132. The highest BCUT2D eigenvalue weighted by Gasteiger charge is 2.57. The van der Waals surface area contributed by atoms with Crippen LogP contribution in [0, 0.1) is 34.9 Å². The molecule has 1 saturated heterocycles. The van der Waals surface area contributed by atoms with Crippen LogP contribution in [0.5, 0.6) is 5.75 Å². The molecule has 2 amide bonds. The zero-order chi connectivity index (χ0) is 45.4. The minimum Gasteiger partial charge on any atom is -0.496 e. The smallest absolute Gasteiger partial charge is 0.251 e. The van der Waals surface area contributed by atoms with Gasteiger partial charge in [-0.1, -0.05) is 51.1 Å². The van der Waals surface area contributed by atoms with E-state index in [9.17, 15) is 28.2 Å².